The zero-order valence-corrected chi connectivity index (χ0v) is 11.3. The number of amides is 1. The third-order valence-electron chi connectivity index (χ3n) is 2.91. The lowest BCUT2D eigenvalue weighted by Gasteiger charge is -2.25. The molecule has 1 aromatic heterocycles. The zero-order valence-electron chi connectivity index (χ0n) is 10.6. The normalized spacial score (nSPS) is 11.7. The Balaban J connectivity index is 2.20. The fraction of sp³-hybridized carbons (Fsp3) is 0.357. The van der Waals surface area contributed by atoms with E-state index in [4.69, 9.17) is 11.6 Å². The van der Waals surface area contributed by atoms with Gasteiger partial charge in [0.2, 0.25) is 5.91 Å². The average molecular weight is 265 g/mol. The molecular weight excluding hydrogens is 248 g/mol. The van der Waals surface area contributed by atoms with E-state index < -0.39 is 0 Å². The van der Waals surface area contributed by atoms with Gasteiger partial charge in [-0.2, -0.15) is 0 Å². The van der Waals surface area contributed by atoms with Gasteiger partial charge < -0.3 is 10.3 Å². The number of hydrogen-bond acceptors (Lipinski definition) is 1. The Kier molecular flexibility index (Phi) is 3.62. The summed E-state index contributed by atoms with van der Waals surface area (Å²) >= 11 is 5.52. The third-order valence-corrected chi connectivity index (χ3v) is 3.15. The summed E-state index contributed by atoms with van der Waals surface area (Å²) in [6.45, 7) is 4.00. The van der Waals surface area contributed by atoms with Crippen molar-refractivity contribution in [3.8, 4) is 0 Å². The van der Waals surface area contributed by atoms with E-state index in [9.17, 15) is 4.79 Å². The Morgan fingerprint density at radius 3 is 2.83 bits per heavy atom. The molecule has 0 unspecified atom stereocenters. The molecule has 2 N–H and O–H groups in total. The summed E-state index contributed by atoms with van der Waals surface area (Å²) in [4.78, 5) is 14.6. The van der Waals surface area contributed by atoms with Crippen molar-refractivity contribution in [3.63, 3.8) is 0 Å². The van der Waals surface area contributed by atoms with Crippen LogP contribution in [0.25, 0.3) is 10.9 Å². The minimum Gasteiger partial charge on any atom is -0.361 e. The molecule has 1 aromatic carbocycles. The molecule has 0 radical (unpaired) electrons. The first-order valence-electron chi connectivity index (χ1n) is 5.94. The van der Waals surface area contributed by atoms with Crippen LogP contribution in [-0.2, 0) is 11.2 Å². The summed E-state index contributed by atoms with van der Waals surface area (Å²) in [5.41, 5.74) is 2.01. The van der Waals surface area contributed by atoms with Crippen LogP contribution < -0.4 is 5.32 Å². The van der Waals surface area contributed by atoms with Crippen molar-refractivity contribution in [1.82, 2.24) is 10.3 Å². The Morgan fingerprint density at radius 2 is 2.11 bits per heavy atom. The number of hydrogen-bond donors (Lipinski definition) is 2. The van der Waals surface area contributed by atoms with Crippen molar-refractivity contribution < 1.29 is 4.79 Å². The second-order valence-electron chi connectivity index (χ2n) is 5.10. The van der Waals surface area contributed by atoms with E-state index in [0.717, 1.165) is 11.9 Å². The first-order valence-corrected chi connectivity index (χ1v) is 6.47. The van der Waals surface area contributed by atoms with Gasteiger partial charge in [0.05, 0.1) is 0 Å². The van der Waals surface area contributed by atoms with Gasteiger partial charge in [-0.3, -0.25) is 4.79 Å². The molecule has 1 amide bonds. The second kappa shape index (κ2) is 5.02. The second-order valence-corrected chi connectivity index (χ2v) is 5.37. The molecule has 0 atom stereocenters. The van der Waals surface area contributed by atoms with Gasteiger partial charge in [0.1, 0.15) is 5.88 Å². The lowest BCUT2D eigenvalue weighted by Crippen LogP contribution is -2.45. The Bertz CT molecular complexity index is 560. The molecule has 0 fully saturated rings. The van der Waals surface area contributed by atoms with Gasteiger partial charge in [0.25, 0.3) is 0 Å². The molecule has 4 heteroatoms. The molecule has 0 saturated carbocycles. The molecule has 0 aliphatic carbocycles. The number of rotatable bonds is 4. The maximum atomic E-state index is 11.4. The van der Waals surface area contributed by atoms with E-state index in [1.54, 1.807) is 0 Å². The molecule has 0 saturated heterocycles. The quantitative estimate of drug-likeness (QED) is 0.820. The zero-order chi connectivity index (χ0) is 13.2. The predicted molar refractivity (Wildman–Crippen MR) is 74.9 cm³/mol. The van der Waals surface area contributed by atoms with Crippen molar-refractivity contribution >= 4 is 28.4 Å². The summed E-state index contributed by atoms with van der Waals surface area (Å²) in [5.74, 6) is -0.140. The highest BCUT2D eigenvalue weighted by Gasteiger charge is 2.21. The number of carbonyl (C=O) groups excluding carboxylic acids is 1. The molecule has 0 spiro atoms. The Hall–Kier alpha value is -1.48. The van der Waals surface area contributed by atoms with Crippen LogP contribution in [0.4, 0.5) is 0 Å². The van der Waals surface area contributed by atoms with E-state index in [-0.39, 0.29) is 17.3 Å². The number of halogens is 1. The lowest BCUT2D eigenvalue weighted by molar-refractivity contribution is -0.120. The summed E-state index contributed by atoms with van der Waals surface area (Å²) in [7, 11) is 0. The van der Waals surface area contributed by atoms with Gasteiger partial charge in [-0.25, -0.2) is 0 Å². The van der Waals surface area contributed by atoms with E-state index in [1.165, 1.54) is 10.9 Å². The molecule has 1 heterocycles. The molecule has 0 bridgehead atoms. The van der Waals surface area contributed by atoms with Crippen LogP contribution in [-0.4, -0.2) is 22.3 Å². The largest absolute Gasteiger partial charge is 0.361 e. The van der Waals surface area contributed by atoms with Gasteiger partial charge in [0.15, 0.2) is 0 Å². The van der Waals surface area contributed by atoms with Gasteiger partial charge >= 0.3 is 0 Å². The van der Waals surface area contributed by atoms with Gasteiger partial charge in [0, 0.05) is 22.6 Å². The minimum absolute atomic E-state index is 0.00266. The van der Waals surface area contributed by atoms with E-state index in [0.29, 0.717) is 0 Å². The van der Waals surface area contributed by atoms with Gasteiger partial charge in [-0.05, 0) is 31.9 Å². The summed E-state index contributed by atoms with van der Waals surface area (Å²) in [6, 6.07) is 8.15. The van der Waals surface area contributed by atoms with Gasteiger partial charge in [-0.1, -0.05) is 18.2 Å². The monoisotopic (exact) mass is 264 g/mol. The number of H-pyrrole nitrogens is 1. The van der Waals surface area contributed by atoms with Crippen LogP contribution in [0, 0.1) is 0 Å². The maximum Gasteiger partial charge on any atom is 0.235 e. The summed E-state index contributed by atoms with van der Waals surface area (Å²) in [5, 5.41) is 4.12. The fourth-order valence-corrected chi connectivity index (χ4v) is 2.28. The molecule has 0 aliphatic rings. The predicted octanol–water partition coefficient (Wildman–Crippen LogP) is 2.84. The van der Waals surface area contributed by atoms with Crippen LogP contribution in [0.1, 0.15) is 19.4 Å². The molecule has 18 heavy (non-hydrogen) atoms. The Morgan fingerprint density at radius 1 is 1.39 bits per heavy atom. The number of nitrogens with one attached hydrogen (secondary N) is 2. The molecule has 2 aromatic rings. The SMILES string of the molecule is CC(C)(Cc1c[nH]c2ccccc12)NC(=O)CCl. The Labute approximate surface area is 112 Å². The molecule has 96 valence electrons. The number of aromatic nitrogens is 1. The molecular formula is C14H17ClN2O. The average Bonchev–Trinajstić information content (AvgIpc) is 2.71. The first-order chi connectivity index (χ1) is 8.52. The van der Waals surface area contributed by atoms with Crippen molar-refractivity contribution in [3.05, 3.63) is 36.0 Å². The highest BCUT2D eigenvalue weighted by atomic mass is 35.5. The fourth-order valence-electron chi connectivity index (χ4n) is 2.21. The van der Waals surface area contributed by atoms with Gasteiger partial charge in [-0.15, -0.1) is 11.6 Å². The van der Waals surface area contributed by atoms with Crippen molar-refractivity contribution in [2.75, 3.05) is 5.88 Å². The molecule has 0 aliphatic heterocycles. The third kappa shape index (κ3) is 2.85. The standard InChI is InChI=1S/C14H17ClN2O/c1-14(2,17-13(18)8-15)7-10-9-16-12-6-4-3-5-11(10)12/h3-6,9,16H,7-8H2,1-2H3,(H,17,18). The van der Waals surface area contributed by atoms with E-state index >= 15 is 0 Å². The maximum absolute atomic E-state index is 11.4. The molecule has 3 nitrogen and oxygen atoms in total. The van der Waals surface area contributed by atoms with Crippen molar-refractivity contribution in [1.29, 1.82) is 0 Å². The lowest BCUT2D eigenvalue weighted by atomic mass is 9.94. The van der Waals surface area contributed by atoms with E-state index in [1.807, 2.05) is 38.2 Å². The summed E-state index contributed by atoms with van der Waals surface area (Å²) < 4.78 is 0. The highest BCUT2D eigenvalue weighted by molar-refractivity contribution is 6.27. The van der Waals surface area contributed by atoms with Crippen LogP contribution in [0.15, 0.2) is 30.5 Å². The molecule has 2 rings (SSSR count). The van der Waals surface area contributed by atoms with Crippen molar-refractivity contribution in [2.45, 2.75) is 25.8 Å². The summed E-state index contributed by atoms with van der Waals surface area (Å²) in [6.07, 6.45) is 2.76. The van der Waals surface area contributed by atoms with Crippen molar-refractivity contribution in [2.24, 2.45) is 0 Å². The van der Waals surface area contributed by atoms with Crippen LogP contribution >= 0.6 is 11.6 Å². The van der Waals surface area contributed by atoms with E-state index in [2.05, 4.69) is 16.4 Å². The first kappa shape index (κ1) is 13.0. The highest BCUT2D eigenvalue weighted by Crippen LogP contribution is 2.22. The number of benzene rings is 1. The van der Waals surface area contributed by atoms with Crippen LogP contribution in [0.3, 0.4) is 0 Å². The number of para-hydroxylation sites is 1. The van der Waals surface area contributed by atoms with Crippen LogP contribution in [0.2, 0.25) is 0 Å². The number of fused-ring (bicyclic) bond motifs is 1. The number of alkyl halides is 1. The number of carbonyl (C=O) groups is 1. The minimum atomic E-state index is -0.309. The smallest absolute Gasteiger partial charge is 0.235 e. The van der Waals surface area contributed by atoms with Crippen LogP contribution in [0.5, 0.6) is 0 Å². The topological polar surface area (TPSA) is 44.9 Å². The number of aromatic amines is 1.